The maximum Gasteiger partial charge on any atom is 0.418 e. The van der Waals surface area contributed by atoms with Crippen LogP contribution in [-0.4, -0.2) is 21.0 Å². The molecule has 0 fully saturated rings. The predicted octanol–water partition coefficient (Wildman–Crippen LogP) is 5.61. The number of carbonyl (C=O) groups excluding carboxylic acids is 1. The number of aromatic nitrogens is 3. The fraction of sp³-hybridized carbons (Fsp3) is 0.0909. The molecule has 1 atom stereocenters. The average molecular weight is 458 g/mol. The second kappa shape index (κ2) is 8.80. The van der Waals surface area contributed by atoms with Crippen molar-refractivity contribution in [2.24, 2.45) is 0 Å². The Morgan fingerprint density at radius 2 is 1.81 bits per heavy atom. The highest BCUT2D eigenvalue weighted by Gasteiger charge is 2.37. The molecule has 6 nitrogen and oxygen atoms in total. The van der Waals surface area contributed by atoms with Crippen molar-refractivity contribution in [1.82, 2.24) is 20.3 Å². The van der Waals surface area contributed by atoms with E-state index in [4.69, 9.17) is 11.6 Å². The molecule has 1 unspecified atom stereocenters. The summed E-state index contributed by atoms with van der Waals surface area (Å²) in [6.45, 7) is 0. The first-order valence-corrected chi connectivity index (χ1v) is 9.74. The van der Waals surface area contributed by atoms with E-state index < -0.39 is 23.8 Å². The van der Waals surface area contributed by atoms with Crippen molar-refractivity contribution in [2.75, 3.05) is 5.32 Å². The van der Waals surface area contributed by atoms with Gasteiger partial charge in [-0.25, -0.2) is 4.79 Å². The van der Waals surface area contributed by atoms with Crippen molar-refractivity contribution in [2.45, 2.75) is 12.2 Å². The molecule has 10 heteroatoms. The number of alkyl halides is 3. The van der Waals surface area contributed by atoms with E-state index in [-0.39, 0.29) is 5.69 Å². The molecule has 2 amide bonds. The van der Waals surface area contributed by atoms with Crippen molar-refractivity contribution in [3.8, 4) is 0 Å². The fourth-order valence-electron chi connectivity index (χ4n) is 3.23. The Morgan fingerprint density at radius 1 is 1.00 bits per heavy atom. The van der Waals surface area contributed by atoms with Crippen LogP contribution < -0.4 is 10.6 Å². The van der Waals surface area contributed by atoms with E-state index in [0.29, 0.717) is 27.2 Å². The normalized spacial score (nSPS) is 12.4. The lowest BCUT2D eigenvalue weighted by Gasteiger charge is -2.22. The number of rotatable bonds is 4. The smallest absolute Gasteiger partial charge is 0.325 e. The van der Waals surface area contributed by atoms with Crippen LogP contribution in [0.25, 0.3) is 10.9 Å². The monoisotopic (exact) mass is 457 g/mol. The summed E-state index contributed by atoms with van der Waals surface area (Å²) in [5, 5.41) is 6.14. The van der Waals surface area contributed by atoms with Crippen molar-refractivity contribution in [1.29, 1.82) is 0 Å². The molecule has 32 heavy (non-hydrogen) atoms. The zero-order valence-electron chi connectivity index (χ0n) is 16.3. The van der Waals surface area contributed by atoms with Gasteiger partial charge in [-0.15, -0.1) is 0 Å². The number of hydrogen-bond donors (Lipinski definition) is 2. The number of nitrogens with one attached hydrogen (secondary N) is 2. The van der Waals surface area contributed by atoms with Gasteiger partial charge in [-0.3, -0.25) is 15.0 Å². The Morgan fingerprint density at radius 3 is 2.56 bits per heavy atom. The summed E-state index contributed by atoms with van der Waals surface area (Å²) in [5.41, 5.74) is -0.134. The molecule has 4 aromatic rings. The van der Waals surface area contributed by atoms with Crippen LogP contribution in [0.5, 0.6) is 0 Å². The highest BCUT2D eigenvalue weighted by molar-refractivity contribution is 6.35. The highest BCUT2D eigenvalue weighted by Crippen LogP contribution is 2.36. The van der Waals surface area contributed by atoms with Crippen LogP contribution in [0.1, 0.15) is 22.9 Å². The molecule has 3 heterocycles. The lowest BCUT2D eigenvalue weighted by atomic mass is 9.99. The number of fused-ring (bicyclic) bond motifs is 1. The first-order chi connectivity index (χ1) is 15.3. The number of urea groups is 1. The van der Waals surface area contributed by atoms with Crippen LogP contribution in [0.4, 0.5) is 23.7 Å². The van der Waals surface area contributed by atoms with Gasteiger partial charge in [0.05, 0.1) is 33.7 Å². The molecule has 0 saturated heterocycles. The summed E-state index contributed by atoms with van der Waals surface area (Å²) in [4.78, 5) is 24.8. The van der Waals surface area contributed by atoms with Gasteiger partial charge in [0.2, 0.25) is 0 Å². The maximum absolute atomic E-state index is 13.7. The average Bonchev–Trinajstić information content (AvgIpc) is 2.77. The molecule has 2 N–H and O–H groups in total. The first-order valence-electron chi connectivity index (χ1n) is 9.37. The third-order valence-corrected chi connectivity index (χ3v) is 4.93. The molecular weight excluding hydrogens is 443 g/mol. The maximum atomic E-state index is 13.7. The number of nitrogens with zero attached hydrogens (tertiary/aromatic N) is 3. The van der Waals surface area contributed by atoms with E-state index in [1.165, 1.54) is 30.9 Å². The lowest BCUT2D eigenvalue weighted by Crippen LogP contribution is -2.35. The molecule has 0 aliphatic rings. The van der Waals surface area contributed by atoms with Gasteiger partial charge in [0.25, 0.3) is 0 Å². The zero-order chi connectivity index (χ0) is 22.7. The highest BCUT2D eigenvalue weighted by atomic mass is 35.5. The van der Waals surface area contributed by atoms with E-state index >= 15 is 0 Å². The summed E-state index contributed by atoms with van der Waals surface area (Å²) < 4.78 is 41.1. The van der Waals surface area contributed by atoms with E-state index in [0.717, 1.165) is 6.07 Å². The van der Waals surface area contributed by atoms with Crippen molar-refractivity contribution < 1.29 is 18.0 Å². The summed E-state index contributed by atoms with van der Waals surface area (Å²) in [6, 6.07) is 10.1. The number of hydrogen-bond acceptors (Lipinski definition) is 4. The van der Waals surface area contributed by atoms with Crippen LogP contribution >= 0.6 is 11.6 Å². The first kappa shape index (κ1) is 21.5. The van der Waals surface area contributed by atoms with Gasteiger partial charge in [0.1, 0.15) is 6.04 Å². The number of anilines is 1. The van der Waals surface area contributed by atoms with Gasteiger partial charge in [-0.05, 0) is 42.0 Å². The van der Waals surface area contributed by atoms with Crippen LogP contribution in [0.15, 0.2) is 73.3 Å². The zero-order valence-corrected chi connectivity index (χ0v) is 17.0. The molecular formula is C22H15ClF3N5O. The van der Waals surface area contributed by atoms with Crippen LogP contribution in [-0.2, 0) is 6.18 Å². The van der Waals surface area contributed by atoms with E-state index in [2.05, 4.69) is 25.6 Å². The summed E-state index contributed by atoms with van der Waals surface area (Å²) in [7, 11) is 0. The number of benzene rings is 1. The van der Waals surface area contributed by atoms with Crippen molar-refractivity contribution in [3.05, 3.63) is 95.2 Å². The summed E-state index contributed by atoms with van der Waals surface area (Å²) in [5.74, 6) is 0. The van der Waals surface area contributed by atoms with Crippen molar-refractivity contribution >= 4 is 34.2 Å². The summed E-state index contributed by atoms with van der Waals surface area (Å²) in [6.07, 6.45) is 0.885. The molecule has 0 spiro atoms. The second-order valence-electron chi connectivity index (χ2n) is 6.79. The molecule has 162 valence electrons. The van der Waals surface area contributed by atoms with Gasteiger partial charge < -0.3 is 10.6 Å². The molecule has 0 saturated carbocycles. The van der Waals surface area contributed by atoms with Gasteiger partial charge in [0, 0.05) is 24.0 Å². The Hall–Kier alpha value is -3.72. The minimum Gasteiger partial charge on any atom is -0.325 e. The third-order valence-electron chi connectivity index (χ3n) is 4.63. The van der Waals surface area contributed by atoms with Crippen LogP contribution in [0.2, 0.25) is 5.02 Å². The predicted molar refractivity (Wildman–Crippen MR) is 114 cm³/mol. The van der Waals surface area contributed by atoms with Gasteiger partial charge in [-0.1, -0.05) is 23.7 Å². The SMILES string of the molecule is O=C(Nc1cccnc1)NC(c1cnc2c(Cl)cccc2c1)c1ncccc1C(F)(F)F. The van der Waals surface area contributed by atoms with Gasteiger partial charge >= 0.3 is 12.2 Å². The molecule has 0 bridgehead atoms. The quantitative estimate of drug-likeness (QED) is 0.417. The van der Waals surface area contributed by atoms with Crippen molar-refractivity contribution in [3.63, 3.8) is 0 Å². The fourth-order valence-corrected chi connectivity index (χ4v) is 3.46. The van der Waals surface area contributed by atoms with E-state index in [1.54, 1.807) is 36.4 Å². The van der Waals surface area contributed by atoms with Gasteiger partial charge in [0.15, 0.2) is 0 Å². The number of para-hydroxylation sites is 1. The Balaban J connectivity index is 1.78. The van der Waals surface area contributed by atoms with Gasteiger partial charge in [-0.2, -0.15) is 13.2 Å². The molecule has 0 aliphatic heterocycles. The summed E-state index contributed by atoms with van der Waals surface area (Å²) >= 11 is 6.16. The second-order valence-corrected chi connectivity index (χ2v) is 7.19. The molecule has 0 aliphatic carbocycles. The Labute approximate surface area is 185 Å². The van der Waals surface area contributed by atoms with Crippen LogP contribution in [0, 0.1) is 0 Å². The molecule has 3 aromatic heterocycles. The number of carbonyl (C=O) groups is 1. The largest absolute Gasteiger partial charge is 0.418 e. The minimum absolute atomic E-state index is 0.310. The lowest BCUT2D eigenvalue weighted by molar-refractivity contribution is -0.138. The topological polar surface area (TPSA) is 79.8 Å². The standard InChI is InChI=1S/C22H15ClF3N5O/c23-17-7-1-4-13-10-14(11-29-18(13)17)19(20-16(22(24,25)26)6-3-9-28-20)31-21(32)30-15-5-2-8-27-12-15/h1-12,19H,(H2,30,31,32). The Bertz CT molecular complexity index is 1270. The molecule has 1 aromatic carbocycles. The number of halogens is 4. The minimum atomic E-state index is -4.67. The van der Waals surface area contributed by atoms with Crippen LogP contribution in [0.3, 0.4) is 0 Å². The van der Waals surface area contributed by atoms with E-state index in [9.17, 15) is 18.0 Å². The third kappa shape index (κ3) is 4.62. The molecule has 4 rings (SSSR count). The molecule has 0 radical (unpaired) electrons. The number of amides is 2. The Kier molecular flexibility index (Phi) is 5.91. The number of pyridine rings is 3. The van der Waals surface area contributed by atoms with E-state index in [1.807, 2.05) is 0 Å².